The molecule has 7 heteroatoms. The van der Waals surface area contributed by atoms with Gasteiger partial charge in [0, 0.05) is 20.7 Å². The Morgan fingerprint density at radius 2 is 1.57 bits per heavy atom. The third-order valence-electron chi connectivity index (χ3n) is 4.06. The molecule has 3 nitrogen and oxygen atoms in total. The van der Waals surface area contributed by atoms with Crippen LogP contribution in [0.4, 0.5) is 0 Å². The molecule has 0 aliphatic carbocycles. The second-order valence-corrected chi connectivity index (χ2v) is 8.57. The highest BCUT2D eigenvalue weighted by Crippen LogP contribution is 2.33. The highest BCUT2D eigenvalue weighted by Gasteiger charge is 2.08. The van der Waals surface area contributed by atoms with E-state index in [9.17, 15) is 4.79 Å². The Balaban J connectivity index is 1.80. The van der Waals surface area contributed by atoms with Crippen molar-refractivity contribution in [1.82, 2.24) is 0 Å². The van der Waals surface area contributed by atoms with Crippen molar-refractivity contribution < 1.29 is 14.6 Å². The fourth-order valence-corrected chi connectivity index (χ4v) is 4.27. The van der Waals surface area contributed by atoms with E-state index < -0.39 is 12.6 Å². The summed E-state index contributed by atoms with van der Waals surface area (Å²) in [4.78, 5) is 11.5. The summed E-state index contributed by atoms with van der Waals surface area (Å²) >= 11 is 20.3. The van der Waals surface area contributed by atoms with Gasteiger partial charge in [0.15, 0.2) is 6.61 Å². The van der Waals surface area contributed by atoms with Gasteiger partial charge in [0.25, 0.3) is 0 Å². The number of benzene rings is 3. The molecule has 0 fully saturated rings. The van der Waals surface area contributed by atoms with Gasteiger partial charge in [-0.05, 0) is 59.2 Å². The van der Waals surface area contributed by atoms with Gasteiger partial charge in [-0.3, -0.25) is 0 Å². The van der Waals surface area contributed by atoms with Crippen LogP contribution in [0.2, 0.25) is 15.1 Å². The third-order valence-corrected chi connectivity index (χ3v) is 5.96. The van der Waals surface area contributed by atoms with E-state index in [1.165, 1.54) is 0 Å². The Bertz CT molecular complexity index is 1040. The van der Waals surface area contributed by atoms with Gasteiger partial charge in [0.05, 0.1) is 5.02 Å². The molecular formula is C23H17Cl3O3S. The van der Waals surface area contributed by atoms with E-state index in [2.05, 4.69) is 6.08 Å². The molecule has 0 saturated carbocycles. The van der Waals surface area contributed by atoms with Crippen molar-refractivity contribution in [3.63, 3.8) is 0 Å². The summed E-state index contributed by atoms with van der Waals surface area (Å²) in [6.07, 6.45) is 2.10. The summed E-state index contributed by atoms with van der Waals surface area (Å²) in [5.41, 5.74) is 3.01. The van der Waals surface area contributed by atoms with Crippen molar-refractivity contribution >= 4 is 58.1 Å². The van der Waals surface area contributed by atoms with Crippen molar-refractivity contribution in [2.75, 3.05) is 12.4 Å². The van der Waals surface area contributed by atoms with Crippen LogP contribution in [0, 0.1) is 0 Å². The average Bonchev–Trinajstić information content (AvgIpc) is 2.71. The Hall–Kier alpha value is -2.11. The van der Waals surface area contributed by atoms with E-state index in [0.29, 0.717) is 26.6 Å². The fourth-order valence-electron chi connectivity index (χ4n) is 2.76. The summed E-state index contributed by atoms with van der Waals surface area (Å²) in [6, 6.07) is 20.5. The molecule has 0 atom stereocenters. The first kappa shape index (κ1) is 22.6. The quantitative estimate of drug-likeness (QED) is 0.343. The van der Waals surface area contributed by atoms with Gasteiger partial charge in [-0.2, -0.15) is 0 Å². The highest BCUT2D eigenvalue weighted by atomic mass is 35.5. The van der Waals surface area contributed by atoms with Crippen molar-refractivity contribution in [2.45, 2.75) is 4.90 Å². The second kappa shape index (κ2) is 10.8. The first-order chi connectivity index (χ1) is 14.4. The molecule has 0 radical (unpaired) electrons. The lowest BCUT2D eigenvalue weighted by Crippen LogP contribution is -2.09. The molecule has 0 saturated heterocycles. The van der Waals surface area contributed by atoms with Gasteiger partial charge in [0.1, 0.15) is 5.75 Å². The molecule has 154 valence electrons. The smallest absolute Gasteiger partial charge is 0.341 e. The number of carboxylic acids is 1. The number of rotatable bonds is 8. The number of aliphatic carboxylic acids is 1. The summed E-state index contributed by atoms with van der Waals surface area (Å²) in [5, 5.41) is 10.5. The molecular weight excluding hydrogens is 463 g/mol. The zero-order chi connectivity index (χ0) is 21.5. The van der Waals surface area contributed by atoms with Crippen molar-refractivity contribution in [2.24, 2.45) is 0 Å². The molecule has 3 aromatic carbocycles. The van der Waals surface area contributed by atoms with E-state index in [4.69, 9.17) is 44.6 Å². The molecule has 0 aliphatic rings. The fraction of sp³-hybridized carbons (Fsp3) is 0.0870. The Morgan fingerprint density at radius 3 is 2.10 bits per heavy atom. The predicted octanol–water partition coefficient (Wildman–Crippen LogP) is 7.33. The normalized spacial score (nSPS) is 10.5. The zero-order valence-corrected chi connectivity index (χ0v) is 18.7. The van der Waals surface area contributed by atoms with Gasteiger partial charge < -0.3 is 9.84 Å². The minimum atomic E-state index is -1.04. The highest BCUT2D eigenvalue weighted by molar-refractivity contribution is 7.99. The predicted molar refractivity (Wildman–Crippen MR) is 125 cm³/mol. The molecule has 0 spiro atoms. The summed E-state index contributed by atoms with van der Waals surface area (Å²) < 4.78 is 5.15. The topological polar surface area (TPSA) is 46.5 Å². The molecule has 0 bridgehead atoms. The van der Waals surface area contributed by atoms with Gasteiger partial charge in [-0.25, -0.2) is 4.79 Å². The molecule has 0 aliphatic heterocycles. The summed E-state index contributed by atoms with van der Waals surface area (Å²) in [6.45, 7) is -0.409. The van der Waals surface area contributed by atoms with Crippen LogP contribution in [0.25, 0.3) is 5.57 Å². The van der Waals surface area contributed by atoms with Gasteiger partial charge >= 0.3 is 5.97 Å². The molecule has 0 amide bonds. The molecule has 0 aromatic heterocycles. The Labute approximate surface area is 194 Å². The first-order valence-corrected chi connectivity index (χ1v) is 11.0. The van der Waals surface area contributed by atoms with E-state index in [1.807, 2.05) is 54.6 Å². The molecule has 1 N–H and O–H groups in total. The van der Waals surface area contributed by atoms with Crippen LogP contribution in [-0.2, 0) is 4.79 Å². The van der Waals surface area contributed by atoms with E-state index in [-0.39, 0.29) is 0 Å². The first-order valence-electron chi connectivity index (χ1n) is 8.91. The number of ether oxygens (including phenoxy) is 1. The number of hydrogen-bond acceptors (Lipinski definition) is 3. The lowest BCUT2D eigenvalue weighted by Gasteiger charge is -2.11. The van der Waals surface area contributed by atoms with Crippen LogP contribution >= 0.6 is 46.6 Å². The number of hydrogen-bond donors (Lipinski definition) is 1. The van der Waals surface area contributed by atoms with Crippen LogP contribution in [-0.4, -0.2) is 23.4 Å². The lowest BCUT2D eigenvalue weighted by molar-refractivity contribution is -0.139. The second-order valence-electron chi connectivity index (χ2n) is 6.22. The Kier molecular flexibility index (Phi) is 8.11. The Morgan fingerprint density at radius 1 is 0.933 bits per heavy atom. The molecule has 0 heterocycles. The van der Waals surface area contributed by atoms with Crippen LogP contribution in [0.5, 0.6) is 5.75 Å². The number of carbonyl (C=O) groups is 1. The van der Waals surface area contributed by atoms with Crippen LogP contribution in [0.3, 0.4) is 0 Å². The number of halogens is 3. The van der Waals surface area contributed by atoms with E-state index >= 15 is 0 Å². The van der Waals surface area contributed by atoms with Gasteiger partial charge in [-0.15, -0.1) is 11.8 Å². The maximum atomic E-state index is 10.6. The lowest BCUT2D eigenvalue weighted by atomic mass is 9.98. The number of thioether (sulfide) groups is 1. The van der Waals surface area contributed by atoms with Gasteiger partial charge in [0.2, 0.25) is 0 Å². The van der Waals surface area contributed by atoms with E-state index in [0.717, 1.165) is 21.6 Å². The SMILES string of the molecule is O=C(O)COc1ccc(SCC=C(c2cccc(Cl)c2)c2cccc(Cl)c2)c(Cl)c1. The largest absolute Gasteiger partial charge is 0.482 e. The molecule has 0 unspecified atom stereocenters. The van der Waals surface area contributed by atoms with Crippen LogP contribution in [0.1, 0.15) is 11.1 Å². The molecule has 3 rings (SSSR count). The maximum absolute atomic E-state index is 10.6. The van der Waals surface area contributed by atoms with E-state index in [1.54, 1.807) is 23.9 Å². The summed E-state index contributed by atoms with van der Waals surface area (Å²) in [7, 11) is 0. The maximum Gasteiger partial charge on any atom is 0.341 e. The zero-order valence-electron chi connectivity index (χ0n) is 15.6. The van der Waals surface area contributed by atoms with Crippen molar-refractivity contribution in [1.29, 1.82) is 0 Å². The standard InChI is InChI=1S/C23H17Cl3O3S/c24-17-5-1-3-15(11-17)20(16-4-2-6-18(25)12-16)9-10-30-22-8-7-19(13-21(22)26)29-14-23(27)28/h1-9,11-13H,10,14H2,(H,27,28). The van der Waals surface area contributed by atoms with Crippen molar-refractivity contribution in [3.05, 3.63) is 99.0 Å². The average molecular weight is 480 g/mol. The van der Waals surface area contributed by atoms with Crippen LogP contribution < -0.4 is 4.74 Å². The van der Waals surface area contributed by atoms with Gasteiger partial charge in [-0.1, -0.05) is 65.1 Å². The molecule has 30 heavy (non-hydrogen) atoms. The van der Waals surface area contributed by atoms with Crippen molar-refractivity contribution in [3.8, 4) is 5.75 Å². The monoisotopic (exact) mass is 478 g/mol. The minimum absolute atomic E-state index is 0.409. The third kappa shape index (κ3) is 6.44. The molecule has 3 aromatic rings. The number of carboxylic acid groups (broad SMARTS) is 1. The van der Waals surface area contributed by atoms with Crippen LogP contribution in [0.15, 0.2) is 77.7 Å². The minimum Gasteiger partial charge on any atom is -0.482 e. The summed E-state index contributed by atoms with van der Waals surface area (Å²) in [5.74, 6) is 0.0359.